The zero-order chi connectivity index (χ0) is 16.6. The van der Waals surface area contributed by atoms with Gasteiger partial charge in [0.25, 0.3) is 0 Å². The van der Waals surface area contributed by atoms with Gasteiger partial charge in [0.2, 0.25) is 0 Å². The van der Waals surface area contributed by atoms with Gasteiger partial charge < -0.3 is 14.7 Å². The minimum Gasteiger partial charge on any atom is -0.461 e. The van der Waals surface area contributed by atoms with E-state index in [2.05, 4.69) is 5.10 Å². The number of nitrogens with zero attached hydrogens (tertiary/aromatic N) is 3. The van der Waals surface area contributed by atoms with Crippen LogP contribution in [0.15, 0.2) is 30.3 Å². The third-order valence-electron chi connectivity index (χ3n) is 3.97. The lowest BCUT2D eigenvalue weighted by molar-refractivity contribution is 0.0519. The first-order valence-corrected chi connectivity index (χ1v) is 7.49. The number of rotatable bonds is 4. The molecular weight excluding hydrogens is 301 g/mol. The van der Waals surface area contributed by atoms with Crippen molar-refractivity contribution in [3.63, 3.8) is 0 Å². The molecule has 1 aromatic carbocycles. The molecule has 1 N–H and O–H groups in total. The van der Waals surface area contributed by atoms with Crippen molar-refractivity contribution in [2.24, 2.45) is 0 Å². The number of carbonyl (C=O) groups is 1. The fraction of sp³-hybridized carbons (Fsp3) is 0.375. The second-order valence-electron chi connectivity index (χ2n) is 5.46. The monoisotopic (exact) mass is 319 g/mol. The summed E-state index contributed by atoms with van der Waals surface area (Å²) in [6.07, 6.45) is -0.419. The number of halogens is 1. The summed E-state index contributed by atoms with van der Waals surface area (Å²) in [5, 5.41) is 14.0. The quantitative estimate of drug-likeness (QED) is 0.870. The molecule has 0 aliphatic carbocycles. The number of esters is 1. The Labute approximate surface area is 133 Å². The van der Waals surface area contributed by atoms with E-state index in [-0.39, 0.29) is 24.2 Å². The Morgan fingerprint density at radius 2 is 2.13 bits per heavy atom. The molecule has 1 saturated heterocycles. The predicted molar refractivity (Wildman–Crippen MR) is 82.3 cm³/mol. The summed E-state index contributed by atoms with van der Waals surface area (Å²) in [4.78, 5) is 13.9. The lowest BCUT2D eigenvalue weighted by Gasteiger charge is -2.44. The van der Waals surface area contributed by atoms with E-state index in [1.165, 1.54) is 12.1 Å². The standard InChI is InChI=1S/C16H18FN3O3/c1-3-23-16(22)13-8-15(19-9-14(21)10(19)2)20(18-13)12-6-4-11(17)5-7-12/h4-8,10,14,21H,3,9H2,1-2H3/t10-,14-/m1/s1. The molecule has 6 nitrogen and oxygen atoms in total. The van der Waals surface area contributed by atoms with Crippen molar-refractivity contribution < 1.29 is 19.0 Å². The smallest absolute Gasteiger partial charge is 0.358 e. The normalized spacial score (nSPS) is 20.3. The molecule has 7 heteroatoms. The molecule has 3 rings (SSSR count). The van der Waals surface area contributed by atoms with Crippen molar-refractivity contribution in [2.45, 2.75) is 26.0 Å². The topological polar surface area (TPSA) is 67.6 Å². The minimum atomic E-state index is -0.511. The van der Waals surface area contributed by atoms with Crippen LogP contribution in [-0.4, -0.2) is 46.2 Å². The molecule has 0 amide bonds. The van der Waals surface area contributed by atoms with Gasteiger partial charge in [0.15, 0.2) is 5.69 Å². The van der Waals surface area contributed by atoms with Gasteiger partial charge in [-0.3, -0.25) is 0 Å². The number of benzene rings is 1. The number of β-amino-alcohol motifs (C(OH)–C–C–N with tert-alkyl or cyclic N) is 1. The van der Waals surface area contributed by atoms with Gasteiger partial charge in [-0.1, -0.05) is 0 Å². The highest BCUT2D eigenvalue weighted by atomic mass is 19.1. The number of hydrogen-bond acceptors (Lipinski definition) is 5. The number of anilines is 1. The summed E-state index contributed by atoms with van der Waals surface area (Å²) < 4.78 is 19.7. The maximum absolute atomic E-state index is 13.1. The lowest BCUT2D eigenvalue weighted by atomic mass is 10.0. The van der Waals surface area contributed by atoms with Gasteiger partial charge in [0.1, 0.15) is 11.6 Å². The zero-order valence-corrected chi connectivity index (χ0v) is 12.9. The van der Waals surface area contributed by atoms with Crippen LogP contribution in [0.4, 0.5) is 10.2 Å². The highest BCUT2D eigenvalue weighted by molar-refractivity contribution is 5.88. The minimum absolute atomic E-state index is 0.0825. The van der Waals surface area contributed by atoms with Gasteiger partial charge in [-0.15, -0.1) is 0 Å². The van der Waals surface area contributed by atoms with Crippen LogP contribution in [0.25, 0.3) is 5.69 Å². The van der Waals surface area contributed by atoms with Crippen LogP contribution in [0.1, 0.15) is 24.3 Å². The third-order valence-corrected chi connectivity index (χ3v) is 3.97. The van der Waals surface area contributed by atoms with Gasteiger partial charge in [0, 0.05) is 12.6 Å². The summed E-state index contributed by atoms with van der Waals surface area (Å²) in [5.74, 6) is -0.193. The molecule has 1 aromatic heterocycles. The van der Waals surface area contributed by atoms with Crippen molar-refractivity contribution in [2.75, 3.05) is 18.1 Å². The summed E-state index contributed by atoms with van der Waals surface area (Å²) in [7, 11) is 0. The van der Waals surface area contributed by atoms with Gasteiger partial charge in [-0.05, 0) is 38.1 Å². The van der Waals surface area contributed by atoms with Gasteiger partial charge in [-0.2, -0.15) is 5.10 Å². The molecule has 1 fully saturated rings. The molecule has 1 aliphatic heterocycles. The van der Waals surface area contributed by atoms with E-state index in [1.54, 1.807) is 29.8 Å². The number of carbonyl (C=O) groups excluding carboxylic acids is 1. The van der Waals surface area contributed by atoms with E-state index in [0.717, 1.165) is 0 Å². The molecule has 2 aromatic rings. The highest BCUT2D eigenvalue weighted by Crippen LogP contribution is 2.30. The SMILES string of the molecule is CCOC(=O)c1cc(N2C[C@@H](O)[C@H]2C)n(-c2ccc(F)cc2)n1. The molecular formula is C16H18FN3O3. The Bertz CT molecular complexity index is 714. The predicted octanol–water partition coefficient (Wildman–Crippen LogP) is 1.76. The molecule has 0 bridgehead atoms. The molecule has 1 aliphatic rings. The van der Waals surface area contributed by atoms with E-state index in [4.69, 9.17) is 4.74 Å². The lowest BCUT2D eigenvalue weighted by Crippen LogP contribution is -2.59. The fourth-order valence-electron chi connectivity index (χ4n) is 2.55. The Hall–Kier alpha value is -2.41. The number of hydrogen-bond donors (Lipinski definition) is 1. The number of aliphatic hydroxyl groups excluding tert-OH is 1. The molecule has 0 spiro atoms. The summed E-state index contributed by atoms with van der Waals surface area (Å²) in [5.41, 5.74) is 0.810. The van der Waals surface area contributed by atoms with Crippen molar-refractivity contribution >= 4 is 11.8 Å². The molecule has 2 heterocycles. The molecule has 0 unspecified atom stereocenters. The largest absolute Gasteiger partial charge is 0.461 e. The van der Waals surface area contributed by atoms with Gasteiger partial charge in [0.05, 0.1) is 24.4 Å². The second-order valence-corrected chi connectivity index (χ2v) is 5.46. The van der Waals surface area contributed by atoms with Crippen LogP contribution in [0.3, 0.4) is 0 Å². The van der Waals surface area contributed by atoms with Gasteiger partial charge >= 0.3 is 5.97 Å². The number of aromatic nitrogens is 2. The Kier molecular flexibility index (Phi) is 4.04. The van der Waals surface area contributed by atoms with Crippen LogP contribution in [0.2, 0.25) is 0 Å². The third kappa shape index (κ3) is 2.79. The van der Waals surface area contributed by atoms with Crippen molar-refractivity contribution in [1.29, 1.82) is 0 Å². The average Bonchev–Trinajstić information content (AvgIpc) is 2.97. The van der Waals surface area contributed by atoms with E-state index in [1.807, 2.05) is 11.8 Å². The zero-order valence-electron chi connectivity index (χ0n) is 12.9. The fourth-order valence-corrected chi connectivity index (χ4v) is 2.55. The maximum Gasteiger partial charge on any atom is 0.358 e. The number of aliphatic hydroxyl groups is 1. The van der Waals surface area contributed by atoms with E-state index >= 15 is 0 Å². The highest BCUT2D eigenvalue weighted by Gasteiger charge is 2.36. The maximum atomic E-state index is 13.1. The first-order valence-electron chi connectivity index (χ1n) is 7.49. The van der Waals surface area contributed by atoms with Crippen LogP contribution in [0.5, 0.6) is 0 Å². The Balaban J connectivity index is 2.01. The summed E-state index contributed by atoms with van der Waals surface area (Å²) in [6, 6.07) is 7.38. The van der Waals surface area contributed by atoms with Crippen LogP contribution in [0, 0.1) is 5.82 Å². The van der Waals surface area contributed by atoms with Crippen molar-refractivity contribution in [1.82, 2.24) is 9.78 Å². The van der Waals surface area contributed by atoms with Crippen LogP contribution in [-0.2, 0) is 4.74 Å². The summed E-state index contributed by atoms with van der Waals surface area (Å²) >= 11 is 0. The molecule has 2 atom stereocenters. The van der Waals surface area contributed by atoms with Crippen molar-refractivity contribution in [3.8, 4) is 5.69 Å². The van der Waals surface area contributed by atoms with Crippen LogP contribution >= 0.6 is 0 Å². The Morgan fingerprint density at radius 1 is 1.43 bits per heavy atom. The molecule has 0 saturated carbocycles. The van der Waals surface area contributed by atoms with Crippen molar-refractivity contribution in [3.05, 3.63) is 41.8 Å². The Morgan fingerprint density at radius 3 is 2.70 bits per heavy atom. The van der Waals surface area contributed by atoms with Gasteiger partial charge in [-0.25, -0.2) is 13.9 Å². The second kappa shape index (κ2) is 6.00. The average molecular weight is 319 g/mol. The first-order chi connectivity index (χ1) is 11.0. The first kappa shape index (κ1) is 15.5. The number of ether oxygens (including phenoxy) is 1. The molecule has 0 radical (unpaired) electrons. The summed E-state index contributed by atoms with van der Waals surface area (Å²) in [6.45, 7) is 4.33. The van der Waals surface area contributed by atoms with E-state index < -0.39 is 12.1 Å². The molecule has 23 heavy (non-hydrogen) atoms. The van der Waals surface area contributed by atoms with Crippen LogP contribution < -0.4 is 4.90 Å². The van der Waals surface area contributed by atoms with E-state index in [9.17, 15) is 14.3 Å². The molecule has 122 valence electrons. The van der Waals surface area contributed by atoms with E-state index in [0.29, 0.717) is 18.1 Å².